The summed E-state index contributed by atoms with van der Waals surface area (Å²) in [6, 6.07) is 19.5. The van der Waals surface area contributed by atoms with E-state index >= 15 is 0 Å². The Hall–Kier alpha value is -2.58. The first-order chi connectivity index (χ1) is 10.7. The average Bonchev–Trinajstić information content (AvgIpc) is 2.56. The van der Waals surface area contributed by atoms with Crippen LogP contribution in [0.25, 0.3) is 0 Å². The summed E-state index contributed by atoms with van der Waals surface area (Å²) in [6.45, 7) is 0.538. The number of benzene rings is 2. The number of para-hydroxylation sites is 1. The number of hydrogen-bond donors (Lipinski definition) is 1. The van der Waals surface area contributed by atoms with E-state index in [1.54, 1.807) is 7.11 Å². The second kappa shape index (κ2) is 8.01. The van der Waals surface area contributed by atoms with Crippen LogP contribution in [0.1, 0.15) is 6.42 Å². The fraction of sp³-hybridized carbons (Fsp3) is 0.176. The fourth-order valence-corrected chi connectivity index (χ4v) is 2.32. The van der Waals surface area contributed by atoms with Crippen LogP contribution in [0.5, 0.6) is 5.75 Å². The quantitative estimate of drug-likeness (QED) is 0.851. The van der Waals surface area contributed by atoms with Crippen molar-refractivity contribution < 1.29 is 4.74 Å². The molecule has 2 rings (SSSR count). The van der Waals surface area contributed by atoms with Crippen LogP contribution >= 0.6 is 12.2 Å². The standard InChI is InChI=1S/C17H17N3OS/c1-21-16-10-5-7-14(13-16)19-17(22)20(12-6-11-18)15-8-3-2-4-9-15/h2-5,7-10,13H,6,12H2,1H3,(H,19,22). The van der Waals surface area contributed by atoms with E-state index in [9.17, 15) is 0 Å². The maximum Gasteiger partial charge on any atom is 0.177 e. The number of ether oxygens (including phenoxy) is 1. The first kappa shape index (κ1) is 15.8. The van der Waals surface area contributed by atoms with Gasteiger partial charge in [0.25, 0.3) is 0 Å². The van der Waals surface area contributed by atoms with Gasteiger partial charge in [-0.15, -0.1) is 0 Å². The molecular formula is C17H17N3OS. The van der Waals surface area contributed by atoms with E-state index in [1.807, 2.05) is 59.5 Å². The Kier molecular flexibility index (Phi) is 5.75. The van der Waals surface area contributed by atoms with E-state index in [0.29, 0.717) is 18.1 Å². The summed E-state index contributed by atoms with van der Waals surface area (Å²) in [5.74, 6) is 0.760. The molecule has 2 aromatic carbocycles. The molecule has 1 N–H and O–H groups in total. The summed E-state index contributed by atoms with van der Waals surface area (Å²) in [5, 5.41) is 12.6. The summed E-state index contributed by atoms with van der Waals surface area (Å²) in [6.07, 6.45) is 0.398. The van der Waals surface area contributed by atoms with Crippen molar-refractivity contribution in [2.24, 2.45) is 0 Å². The van der Waals surface area contributed by atoms with Gasteiger partial charge in [-0.05, 0) is 36.5 Å². The molecule has 4 nitrogen and oxygen atoms in total. The molecule has 0 aromatic heterocycles. The van der Waals surface area contributed by atoms with Crippen molar-refractivity contribution in [3.05, 3.63) is 54.6 Å². The number of thiocarbonyl (C=S) groups is 1. The van der Waals surface area contributed by atoms with Crippen molar-refractivity contribution >= 4 is 28.7 Å². The highest BCUT2D eigenvalue weighted by atomic mass is 32.1. The lowest BCUT2D eigenvalue weighted by Crippen LogP contribution is -2.35. The van der Waals surface area contributed by atoms with Crippen molar-refractivity contribution in [1.82, 2.24) is 0 Å². The van der Waals surface area contributed by atoms with Gasteiger partial charge in [0, 0.05) is 24.0 Å². The summed E-state index contributed by atoms with van der Waals surface area (Å²) in [7, 11) is 1.63. The molecule has 0 saturated carbocycles. The Bertz CT molecular complexity index is 667. The molecule has 0 atom stereocenters. The van der Waals surface area contributed by atoms with Crippen molar-refractivity contribution in [3.8, 4) is 11.8 Å². The van der Waals surface area contributed by atoms with E-state index in [-0.39, 0.29) is 0 Å². The lowest BCUT2D eigenvalue weighted by Gasteiger charge is -2.25. The molecule has 0 unspecified atom stereocenters. The van der Waals surface area contributed by atoms with Crippen LogP contribution in [0.4, 0.5) is 11.4 Å². The average molecular weight is 311 g/mol. The van der Waals surface area contributed by atoms with Crippen LogP contribution in [0, 0.1) is 11.3 Å². The van der Waals surface area contributed by atoms with E-state index in [0.717, 1.165) is 17.1 Å². The Morgan fingerprint density at radius 3 is 2.68 bits per heavy atom. The smallest absolute Gasteiger partial charge is 0.177 e. The number of rotatable bonds is 5. The monoisotopic (exact) mass is 311 g/mol. The van der Waals surface area contributed by atoms with Gasteiger partial charge in [0.1, 0.15) is 5.75 Å². The molecule has 0 heterocycles. The van der Waals surface area contributed by atoms with Crippen LogP contribution in [0.3, 0.4) is 0 Å². The second-order valence-electron chi connectivity index (χ2n) is 4.56. The maximum atomic E-state index is 8.84. The fourth-order valence-electron chi connectivity index (χ4n) is 2.01. The molecule has 0 amide bonds. The van der Waals surface area contributed by atoms with E-state index in [4.69, 9.17) is 22.2 Å². The first-order valence-electron chi connectivity index (χ1n) is 6.89. The SMILES string of the molecule is COc1cccc(NC(=S)N(CCC#N)c2ccccc2)c1. The Labute approximate surface area is 135 Å². The highest BCUT2D eigenvalue weighted by Gasteiger charge is 2.12. The van der Waals surface area contributed by atoms with Gasteiger partial charge in [0.05, 0.1) is 19.6 Å². The molecule has 0 spiro atoms. The topological polar surface area (TPSA) is 48.3 Å². The van der Waals surface area contributed by atoms with Gasteiger partial charge >= 0.3 is 0 Å². The molecule has 22 heavy (non-hydrogen) atoms. The molecule has 0 saturated heterocycles. The highest BCUT2D eigenvalue weighted by Crippen LogP contribution is 2.19. The minimum Gasteiger partial charge on any atom is -0.497 e. The van der Waals surface area contributed by atoms with Crippen LogP contribution in [-0.4, -0.2) is 18.8 Å². The third-order valence-electron chi connectivity index (χ3n) is 3.08. The Morgan fingerprint density at radius 2 is 2.00 bits per heavy atom. The molecule has 2 aromatic rings. The van der Waals surface area contributed by atoms with Crippen LogP contribution in [0.15, 0.2) is 54.6 Å². The molecule has 0 fully saturated rings. The first-order valence-corrected chi connectivity index (χ1v) is 7.30. The summed E-state index contributed by atoms with van der Waals surface area (Å²) < 4.78 is 5.21. The van der Waals surface area contributed by atoms with Gasteiger partial charge in [-0.2, -0.15) is 5.26 Å². The highest BCUT2D eigenvalue weighted by molar-refractivity contribution is 7.80. The van der Waals surface area contributed by atoms with Gasteiger partial charge in [-0.25, -0.2) is 0 Å². The van der Waals surface area contributed by atoms with Crippen molar-refractivity contribution in [3.63, 3.8) is 0 Å². The minimum absolute atomic E-state index is 0.398. The largest absolute Gasteiger partial charge is 0.497 e. The summed E-state index contributed by atoms with van der Waals surface area (Å²) >= 11 is 5.50. The molecule has 0 aliphatic rings. The number of nitriles is 1. The van der Waals surface area contributed by atoms with E-state index in [2.05, 4.69) is 11.4 Å². The van der Waals surface area contributed by atoms with Crippen molar-refractivity contribution in [1.29, 1.82) is 5.26 Å². The molecule has 112 valence electrons. The number of nitrogens with one attached hydrogen (secondary N) is 1. The Morgan fingerprint density at radius 1 is 1.23 bits per heavy atom. The lowest BCUT2D eigenvalue weighted by atomic mass is 10.2. The van der Waals surface area contributed by atoms with Gasteiger partial charge in [0.15, 0.2) is 5.11 Å². The normalized spacial score (nSPS) is 9.64. The summed E-state index contributed by atoms with van der Waals surface area (Å²) in [4.78, 5) is 1.91. The molecule has 0 radical (unpaired) electrons. The molecule has 0 aliphatic carbocycles. The van der Waals surface area contributed by atoms with Gasteiger partial charge in [0.2, 0.25) is 0 Å². The second-order valence-corrected chi connectivity index (χ2v) is 4.94. The molecular weight excluding hydrogens is 294 g/mol. The molecule has 0 aliphatic heterocycles. The number of hydrogen-bond acceptors (Lipinski definition) is 3. The van der Waals surface area contributed by atoms with Gasteiger partial charge < -0.3 is 15.0 Å². The van der Waals surface area contributed by atoms with Gasteiger partial charge in [-0.3, -0.25) is 0 Å². The summed E-state index contributed by atoms with van der Waals surface area (Å²) in [5.41, 5.74) is 1.81. The zero-order valence-electron chi connectivity index (χ0n) is 12.3. The zero-order valence-corrected chi connectivity index (χ0v) is 13.1. The Balaban J connectivity index is 2.16. The predicted molar refractivity (Wildman–Crippen MR) is 93.2 cm³/mol. The lowest BCUT2D eigenvalue weighted by molar-refractivity contribution is 0.415. The van der Waals surface area contributed by atoms with Crippen LogP contribution in [0.2, 0.25) is 0 Å². The van der Waals surface area contributed by atoms with E-state index in [1.165, 1.54) is 0 Å². The minimum atomic E-state index is 0.398. The van der Waals surface area contributed by atoms with Gasteiger partial charge in [-0.1, -0.05) is 24.3 Å². The molecule has 5 heteroatoms. The molecule has 0 bridgehead atoms. The number of methoxy groups -OCH3 is 1. The van der Waals surface area contributed by atoms with Crippen LogP contribution in [-0.2, 0) is 0 Å². The third kappa shape index (κ3) is 4.21. The predicted octanol–water partition coefficient (Wildman–Crippen LogP) is 3.81. The van der Waals surface area contributed by atoms with Crippen LogP contribution < -0.4 is 15.0 Å². The van der Waals surface area contributed by atoms with Crippen molar-refractivity contribution in [2.75, 3.05) is 23.9 Å². The van der Waals surface area contributed by atoms with Crippen molar-refractivity contribution in [2.45, 2.75) is 6.42 Å². The number of anilines is 2. The third-order valence-corrected chi connectivity index (χ3v) is 3.40. The maximum absolute atomic E-state index is 8.84. The van der Waals surface area contributed by atoms with E-state index < -0.39 is 0 Å². The number of nitrogens with zero attached hydrogens (tertiary/aromatic N) is 2. The zero-order chi connectivity index (χ0) is 15.8.